The van der Waals surface area contributed by atoms with Crippen LogP contribution >= 0.6 is 0 Å². The molecule has 1 fully saturated rings. The standard InChI is InChI=1S/C19H25N3O2/c23-18-12-17(19(24)21-13-16-6-9-20-10-7-16)14-22(18)11-8-15-4-2-1-3-5-15/h4,6-7,9-10,17H,1-3,5,8,11-14H2,(H,21,24). The molecule has 2 aliphatic rings. The lowest BCUT2D eigenvalue weighted by Gasteiger charge is -2.19. The Kier molecular flexibility index (Phi) is 5.62. The van der Waals surface area contributed by atoms with Gasteiger partial charge in [-0.25, -0.2) is 0 Å². The Morgan fingerprint density at radius 3 is 2.88 bits per heavy atom. The Balaban J connectivity index is 1.45. The second kappa shape index (κ2) is 8.08. The smallest absolute Gasteiger partial charge is 0.225 e. The van der Waals surface area contributed by atoms with Crippen LogP contribution in [-0.2, 0) is 16.1 Å². The van der Waals surface area contributed by atoms with E-state index in [-0.39, 0.29) is 17.7 Å². The van der Waals surface area contributed by atoms with E-state index in [1.165, 1.54) is 24.8 Å². The fourth-order valence-corrected chi connectivity index (χ4v) is 3.41. The van der Waals surface area contributed by atoms with Crippen molar-refractivity contribution in [3.05, 3.63) is 41.7 Å². The first-order valence-electron chi connectivity index (χ1n) is 8.84. The molecule has 2 heterocycles. The molecule has 5 nitrogen and oxygen atoms in total. The van der Waals surface area contributed by atoms with Gasteiger partial charge in [-0.05, 0) is 49.8 Å². The molecule has 1 aromatic heterocycles. The van der Waals surface area contributed by atoms with Gasteiger partial charge >= 0.3 is 0 Å². The summed E-state index contributed by atoms with van der Waals surface area (Å²) in [6.07, 6.45) is 11.9. The first kappa shape index (κ1) is 16.7. The average Bonchev–Trinajstić information content (AvgIpc) is 3.00. The second-order valence-corrected chi connectivity index (χ2v) is 6.67. The third-order valence-corrected chi connectivity index (χ3v) is 4.89. The minimum atomic E-state index is -0.223. The lowest BCUT2D eigenvalue weighted by Crippen LogP contribution is -2.33. The summed E-state index contributed by atoms with van der Waals surface area (Å²) < 4.78 is 0. The van der Waals surface area contributed by atoms with Crippen LogP contribution in [0.15, 0.2) is 36.2 Å². The molecule has 1 saturated heterocycles. The summed E-state index contributed by atoms with van der Waals surface area (Å²) >= 11 is 0. The Labute approximate surface area is 143 Å². The molecule has 3 rings (SSSR count). The first-order chi connectivity index (χ1) is 11.7. The average molecular weight is 327 g/mol. The number of rotatable bonds is 6. The predicted octanol–water partition coefficient (Wildman–Crippen LogP) is 2.44. The SMILES string of the molecule is O=C(NCc1ccncc1)C1CC(=O)N(CCC2=CCCCC2)C1. The zero-order valence-corrected chi connectivity index (χ0v) is 14.0. The maximum Gasteiger partial charge on any atom is 0.225 e. The molecule has 0 radical (unpaired) electrons. The zero-order valence-electron chi connectivity index (χ0n) is 14.0. The molecule has 1 aliphatic carbocycles. The molecule has 1 atom stereocenters. The van der Waals surface area contributed by atoms with E-state index in [4.69, 9.17) is 0 Å². The summed E-state index contributed by atoms with van der Waals surface area (Å²) in [7, 11) is 0. The number of carbonyl (C=O) groups excluding carboxylic acids is 2. The van der Waals surface area contributed by atoms with Gasteiger partial charge < -0.3 is 10.2 Å². The number of aromatic nitrogens is 1. The van der Waals surface area contributed by atoms with Gasteiger partial charge in [0.1, 0.15) is 0 Å². The van der Waals surface area contributed by atoms with E-state index in [0.29, 0.717) is 19.5 Å². The van der Waals surface area contributed by atoms with Crippen molar-refractivity contribution < 1.29 is 9.59 Å². The molecular formula is C19H25N3O2. The van der Waals surface area contributed by atoms with Crippen LogP contribution in [-0.4, -0.2) is 34.8 Å². The quantitative estimate of drug-likeness (QED) is 0.816. The predicted molar refractivity (Wildman–Crippen MR) is 91.9 cm³/mol. The van der Waals surface area contributed by atoms with Crippen molar-refractivity contribution in [3.63, 3.8) is 0 Å². The van der Waals surface area contributed by atoms with Gasteiger partial charge in [0.2, 0.25) is 11.8 Å². The Morgan fingerprint density at radius 1 is 1.29 bits per heavy atom. The normalized spacial score (nSPS) is 20.8. The number of amides is 2. The number of likely N-dealkylation sites (tertiary alicyclic amines) is 1. The minimum Gasteiger partial charge on any atom is -0.352 e. The van der Waals surface area contributed by atoms with Crippen molar-refractivity contribution in [1.82, 2.24) is 15.2 Å². The molecule has 0 bridgehead atoms. The van der Waals surface area contributed by atoms with Crippen LogP contribution in [0.3, 0.4) is 0 Å². The van der Waals surface area contributed by atoms with Gasteiger partial charge in [-0.2, -0.15) is 0 Å². The van der Waals surface area contributed by atoms with Gasteiger partial charge in [0, 0.05) is 38.4 Å². The van der Waals surface area contributed by atoms with Crippen molar-refractivity contribution in [3.8, 4) is 0 Å². The topological polar surface area (TPSA) is 62.3 Å². The molecule has 1 aromatic rings. The van der Waals surface area contributed by atoms with Crippen molar-refractivity contribution >= 4 is 11.8 Å². The maximum absolute atomic E-state index is 12.3. The number of nitrogens with zero attached hydrogens (tertiary/aromatic N) is 2. The molecule has 1 N–H and O–H groups in total. The summed E-state index contributed by atoms with van der Waals surface area (Å²) in [6, 6.07) is 3.76. The highest BCUT2D eigenvalue weighted by Gasteiger charge is 2.33. The summed E-state index contributed by atoms with van der Waals surface area (Å²) in [6.45, 7) is 1.78. The largest absolute Gasteiger partial charge is 0.352 e. The van der Waals surface area contributed by atoms with Crippen molar-refractivity contribution in [2.45, 2.75) is 45.1 Å². The first-order valence-corrected chi connectivity index (χ1v) is 8.84. The molecular weight excluding hydrogens is 302 g/mol. The lowest BCUT2D eigenvalue weighted by atomic mass is 9.97. The third-order valence-electron chi connectivity index (χ3n) is 4.89. The summed E-state index contributed by atoms with van der Waals surface area (Å²) in [5, 5.41) is 2.93. The Hall–Kier alpha value is -2.17. The highest BCUT2D eigenvalue weighted by molar-refractivity contribution is 5.89. The Morgan fingerprint density at radius 2 is 2.12 bits per heavy atom. The van der Waals surface area contributed by atoms with E-state index < -0.39 is 0 Å². The molecule has 1 unspecified atom stereocenters. The molecule has 0 aromatic carbocycles. The van der Waals surface area contributed by atoms with Gasteiger partial charge in [0.25, 0.3) is 0 Å². The monoisotopic (exact) mass is 327 g/mol. The third kappa shape index (κ3) is 4.43. The molecule has 1 aliphatic heterocycles. The molecule has 0 saturated carbocycles. The highest BCUT2D eigenvalue weighted by atomic mass is 16.2. The lowest BCUT2D eigenvalue weighted by molar-refractivity contribution is -0.129. The van der Waals surface area contributed by atoms with E-state index in [1.54, 1.807) is 12.4 Å². The van der Waals surface area contributed by atoms with Crippen LogP contribution in [0, 0.1) is 5.92 Å². The van der Waals surface area contributed by atoms with E-state index in [0.717, 1.165) is 24.9 Å². The van der Waals surface area contributed by atoms with Crippen LogP contribution in [0.4, 0.5) is 0 Å². The van der Waals surface area contributed by atoms with Crippen LogP contribution < -0.4 is 5.32 Å². The molecule has 128 valence electrons. The van der Waals surface area contributed by atoms with Crippen LogP contribution in [0.2, 0.25) is 0 Å². The zero-order chi connectivity index (χ0) is 16.8. The van der Waals surface area contributed by atoms with E-state index in [9.17, 15) is 9.59 Å². The van der Waals surface area contributed by atoms with Gasteiger partial charge in [-0.3, -0.25) is 14.6 Å². The number of nitrogens with one attached hydrogen (secondary N) is 1. The number of allylic oxidation sites excluding steroid dienone is 1. The van der Waals surface area contributed by atoms with Gasteiger partial charge in [0.15, 0.2) is 0 Å². The summed E-state index contributed by atoms with van der Waals surface area (Å²) in [5.41, 5.74) is 2.49. The number of pyridine rings is 1. The molecule has 0 spiro atoms. The second-order valence-electron chi connectivity index (χ2n) is 6.67. The number of carbonyl (C=O) groups is 2. The number of hydrogen-bond donors (Lipinski definition) is 1. The van der Waals surface area contributed by atoms with Crippen LogP contribution in [0.25, 0.3) is 0 Å². The summed E-state index contributed by atoms with van der Waals surface area (Å²) in [5.74, 6) is -0.144. The van der Waals surface area contributed by atoms with Crippen LogP contribution in [0.5, 0.6) is 0 Å². The molecule has 2 amide bonds. The maximum atomic E-state index is 12.3. The van der Waals surface area contributed by atoms with Gasteiger partial charge in [0.05, 0.1) is 5.92 Å². The van der Waals surface area contributed by atoms with Gasteiger partial charge in [-0.15, -0.1) is 0 Å². The van der Waals surface area contributed by atoms with Crippen molar-refractivity contribution in [2.75, 3.05) is 13.1 Å². The fraction of sp³-hybridized carbons (Fsp3) is 0.526. The summed E-state index contributed by atoms with van der Waals surface area (Å²) in [4.78, 5) is 30.3. The van der Waals surface area contributed by atoms with E-state index in [2.05, 4.69) is 16.4 Å². The molecule has 24 heavy (non-hydrogen) atoms. The minimum absolute atomic E-state index is 0.0282. The van der Waals surface area contributed by atoms with E-state index in [1.807, 2.05) is 17.0 Å². The van der Waals surface area contributed by atoms with Crippen molar-refractivity contribution in [2.24, 2.45) is 5.92 Å². The van der Waals surface area contributed by atoms with Crippen molar-refractivity contribution in [1.29, 1.82) is 0 Å². The highest BCUT2D eigenvalue weighted by Crippen LogP contribution is 2.23. The number of hydrogen-bond acceptors (Lipinski definition) is 3. The van der Waals surface area contributed by atoms with Crippen LogP contribution in [0.1, 0.15) is 44.1 Å². The van der Waals surface area contributed by atoms with E-state index >= 15 is 0 Å². The fourth-order valence-electron chi connectivity index (χ4n) is 3.41. The molecule has 5 heteroatoms. The van der Waals surface area contributed by atoms with Gasteiger partial charge in [-0.1, -0.05) is 11.6 Å². The Bertz CT molecular complexity index is 612.